The summed E-state index contributed by atoms with van der Waals surface area (Å²) < 4.78 is 9.76. The van der Waals surface area contributed by atoms with E-state index < -0.39 is 40.9 Å². The monoisotopic (exact) mass is 416 g/mol. The third kappa shape index (κ3) is 3.41. The number of aliphatic hydroxyl groups is 1. The molecule has 0 radical (unpaired) electrons. The van der Waals surface area contributed by atoms with Crippen molar-refractivity contribution in [1.29, 1.82) is 10.5 Å². The van der Waals surface area contributed by atoms with Gasteiger partial charge in [-0.2, -0.15) is 10.5 Å². The van der Waals surface area contributed by atoms with Crippen molar-refractivity contribution in [3.05, 3.63) is 83.1 Å². The summed E-state index contributed by atoms with van der Waals surface area (Å²) >= 11 is 0. The van der Waals surface area contributed by atoms with E-state index in [1.807, 2.05) is 0 Å². The van der Waals surface area contributed by atoms with Gasteiger partial charge >= 0.3 is 11.9 Å². The minimum atomic E-state index is -1.92. The molecule has 0 aromatic heterocycles. The largest absolute Gasteiger partial charge is 0.511 e. The van der Waals surface area contributed by atoms with Gasteiger partial charge in [0.15, 0.2) is 5.41 Å². The van der Waals surface area contributed by atoms with Crippen molar-refractivity contribution in [2.24, 2.45) is 11.3 Å². The van der Waals surface area contributed by atoms with Gasteiger partial charge in [0.25, 0.3) is 0 Å². The minimum absolute atomic E-state index is 0.306. The number of aliphatic hydroxyl groups excluding tert-OH is 1. The van der Waals surface area contributed by atoms with Crippen LogP contribution in [-0.4, -0.2) is 31.3 Å². The van der Waals surface area contributed by atoms with Crippen molar-refractivity contribution in [2.45, 2.75) is 11.8 Å². The van der Waals surface area contributed by atoms with Crippen LogP contribution in [0, 0.1) is 34.0 Å². The quantitative estimate of drug-likeness (QED) is 0.759. The molecule has 0 unspecified atom stereocenters. The molecule has 7 nitrogen and oxygen atoms in total. The molecule has 0 heterocycles. The molecule has 1 aliphatic rings. The maximum atomic E-state index is 12.8. The molecule has 3 atom stereocenters. The molecule has 0 aliphatic heterocycles. The maximum Gasteiger partial charge on any atom is 0.337 e. The van der Waals surface area contributed by atoms with Crippen LogP contribution >= 0.6 is 0 Å². The Morgan fingerprint density at radius 3 is 1.87 bits per heavy atom. The summed E-state index contributed by atoms with van der Waals surface area (Å²) in [5.74, 6) is -6.07. The lowest BCUT2D eigenvalue weighted by Crippen LogP contribution is -2.47. The van der Waals surface area contributed by atoms with Gasteiger partial charge in [-0.25, -0.2) is 4.79 Å². The molecule has 0 spiro atoms. The number of carbonyl (C=O) groups excluding carboxylic acids is 2. The number of hydrogen-bond acceptors (Lipinski definition) is 7. The van der Waals surface area contributed by atoms with Gasteiger partial charge in [-0.1, -0.05) is 60.7 Å². The Balaban J connectivity index is 2.47. The van der Waals surface area contributed by atoms with E-state index in [0.29, 0.717) is 11.1 Å². The predicted molar refractivity (Wildman–Crippen MR) is 109 cm³/mol. The molecule has 0 saturated heterocycles. The fourth-order valence-electron chi connectivity index (χ4n) is 4.33. The summed E-state index contributed by atoms with van der Waals surface area (Å²) in [4.78, 5) is 25.6. The first-order valence-corrected chi connectivity index (χ1v) is 9.48. The molecular weight excluding hydrogens is 396 g/mol. The highest BCUT2D eigenvalue weighted by Crippen LogP contribution is 2.58. The van der Waals surface area contributed by atoms with Gasteiger partial charge in [-0.15, -0.1) is 0 Å². The number of carbonyl (C=O) groups is 2. The Hall–Kier alpha value is -4.10. The maximum absolute atomic E-state index is 12.8. The highest BCUT2D eigenvalue weighted by Gasteiger charge is 2.61. The molecule has 2 aromatic rings. The Kier molecular flexibility index (Phi) is 6.08. The number of benzene rings is 2. The lowest BCUT2D eigenvalue weighted by molar-refractivity contribution is -0.147. The van der Waals surface area contributed by atoms with Gasteiger partial charge in [0.2, 0.25) is 0 Å². The van der Waals surface area contributed by atoms with Crippen LogP contribution in [0.3, 0.4) is 0 Å². The topological polar surface area (TPSA) is 120 Å². The second-order valence-electron chi connectivity index (χ2n) is 7.12. The summed E-state index contributed by atoms with van der Waals surface area (Å²) in [7, 11) is 2.26. The van der Waals surface area contributed by atoms with Crippen LogP contribution in [0.1, 0.15) is 23.0 Å². The number of nitrogens with zero attached hydrogens (tertiary/aromatic N) is 2. The molecule has 1 N–H and O–H groups in total. The minimum Gasteiger partial charge on any atom is -0.511 e. The number of esters is 2. The molecule has 2 aromatic carbocycles. The molecule has 156 valence electrons. The number of ether oxygens (including phenoxy) is 2. The van der Waals surface area contributed by atoms with Crippen LogP contribution < -0.4 is 0 Å². The highest BCUT2D eigenvalue weighted by molar-refractivity contribution is 5.94. The van der Waals surface area contributed by atoms with Crippen LogP contribution in [0.25, 0.3) is 0 Å². The van der Waals surface area contributed by atoms with Crippen molar-refractivity contribution >= 4 is 11.9 Å². The number of methoxy groups -OCH3 is 2. The van der Waals surface area contributed by atoms with E-state index in [0.717, 1.165) is 14.2 Å². The van der Waals surface area contributed by atoms with Crippen molar-refractivity contribution < 1.29 is 24.2 Å². The first-order chi connectivity index (χ1) is 15.0. The van der Waals surface area contributed by atoms with E-state index in [1.165, 1.54) is 0 Å². The summed E-state index contributed by atoms with van der Waals surface area (Å²) in [5.41, 5.74) is -1.28. The first kappa shape index (κ1) is 21.6. The highest BCUT2D eigenvalue weighted by atomic mass is 16.5. The van der Waals surface area contributed by atoms with E-state index in [4.69, 9.17) is 9.47 Å². The summed E-state index contributed by atoms with van der Waals surface area (Å²) in [6.07, 6.45) is 0. The lowest BCUT2D eigenvalue weighted by atomic mass is 9.54. The standard InChI is InChI=1S/C24H20N2O5/c1-30-22(28)17-19(15-9-5-3-6-10-15)24(13-25,14-26)20(16-11-7-4-8-12-16)18(21(17)27)23(29)31-2/h3-12,17,19-20,27H,1-2H3/t17-,19-,20-/m1/s1. The zero-order chi connectivity index (χ0) is 22.6. The van der Waals surface area contributed by atoms with Crippen molar-refractivity contribution in [2.75, 3.05) is 14.2 Å². The smallest absolute Gasteiger partial charge is 0.337 e. The summed E-state index contributed by atoms with van der Waals surface area (Å²) in [5, 5.41) is 31.9. The molecule has 0 bridgehead atoms. The zero-order valence-corrected chi connectivity index (χ0v) is 17.0. The second kappa shape index (κ2) is 8.73. The summed E-state index contributed by atoms with van der Waals surface area (Å²) in [6, 6.07) is 21.1. The molecule has 31 heavy (non-hydrogen) atoms. The lowest BCUT2D eigenvalue weighted by Gasteiger charge is -2.44. The van der Waals surface area contributed by atoms with Crippen LogP contribution in [0.2, 0.25) is 0 Å². The molecular formula is C24H20N2O5. The molecule has 1 aliphatic carbocycles. The normalized spacial score (nSPS) is 22.0. The van der Waals surface area contributed by atoms with E-state index >= 15 is 0 Å². The number of nitriles is 2. The van der Waals surface area contributed by atoms with Gasteiger partial charge in [-0.05, 0) is 11.1 Å². The van der Waals surface area contributed by atoms with Gasteiger partial charge < -0.3 is 14.6 Å². The fraction of sp³-hybridized carbons (Fsp3) is 0.250. The van der Waals surface area contributed by atoms with Crippen LogP contribution in [0.15, 0.2) is 72.0 Å². The Labute approximate surface area is 179 Å². The second-order valence-corrected chi connectivity index (χ2v) is 7.12. The van der Waals surface area contributed by atoms with Gasteiger partial charge in [-0.3, -0.25) is 4.79 Å². The van der Waals surface area contributed by atoms with Gasteiger partial charge in [0.1, 0.15) is 11.7 Å². The summed E-state index contributed by atoms with van der Waals surface area (Å²) in [6.45, 7) is 0. The third-order valence-electron chi connectivity index (χ3n) is 5.66. The molecule has 0 saturated carbocycles. The number of rotatable bonds is 4. The van der Waals surface area contributed by atoms with E-state index in [2.05, 4.69) is 12.1 Å². The Morgan fingerprint density at radius 2 is 1.42 bits per heavy atom. The van der Waals surface area contributed by atoms with Gasteiger partial charge in [0, 0.05) is 5.92 Å². The fourth-order valence-corrected chi connectivity index (χ4v) is 4.33. The van der Waals surface area contributed by atoms with Crippen LogP contribution in [0.4, 0.5) is 0 Å². The van der Waals surface area contributed by atoms with E-state index in [1.54, 1.807) is 60.7 Å². The van der Waals surface area contributed by atoms with Gasteiger partial charge in [0.05, 0.1) is 37.8 Å². The zero-order valence-electron chi connectivity index (χ0n) is 17.0. The van der Waals surface area contributed by atoms with Crippen LogP contribution in [0.5, 0.6) is 0 Å². The van der Waals surface area contributed by atoms with Crippen molar-refractivity contribution in [3.63, 3.8) is 0 Å². The molecule has 0 fully saturated rings. The third-order valence-corrected chi connectivity index (χ3v) is 5.66. The first-order valence-electron chi connectivity index (χ1n) is 9.48. The average molecular weight is 416 g/mol. The molecule has 7 heteroatoms. The van der Waals surface area contributed by atoms with Crippen LogP contribution in [-0.2, 0) is 19.1 Å². The van der Waals surface area contributed by atoms with E-state index in [-0.39, 0.29) is 5.57 Å². The average Bonchev–Trinajstić information content (AvgIpc) is 2.83. The molecule has 3 rings (SSSR count). The predicted octanol–water partition coefficient (Wildman–Crippen LogP) is 3.38. The SMILES string of the molecule is COC(=O)C1=C(O)[C@H](C(=O)OC)[C@@H](c2ccccc2)C(C#N)(C#N)[C@@H]1c1ccccc1. The Bertz CT molecular complexity index is 1080. The number of hydrogen-bond donors (Lipinski definition) is 1. The van der Waals surface area contributed by atoms with Crippen molar-refractivity contribution in [3.8, 4) is 12.1 Å². The Morgan fingerprint density at radius 1 is 0.903 bits per heavy atom. The van der Waals surface area contributed by atoms with E-state index in [9.17, 15) is 25.2 Å². The van der Waals surface area contributed by atoms with Crippen molar-refractivity contribution in [1.82, 2.24) is 0 Å². The molecule has 0 amide bonds.